The van der Waals surface area contributed by atoms with E-state index < -0.39 is 0 Å². The minimum absolute atomic E-state index is 0.623. The third-order valence-electron chi connectivity index (χ3n) is 4.61. The van der Waals surface area contributed by atoms with E-state index in [2.05, 4.69) is 55.3 Å². The maximum atomic E-state index is 4.86. The zero-order chi connectivity index (χ0) is 17.7. The van der Waals surface area contributed by atoms with Gasteiger partial charge >= 0.3 is 0 Å². The van der Waals surface area contributed by atoms with Crippen molar-refractivity contribution in [2.75, 3.05) is 0 Å². The lowest BCUT2D eigenvalue weighted by Crippen LogP contribution is -2.06. The molecule has 0 atom stereocenters. The van der Waals surface area contributed by atoms with Crippen LogP contribution in [-0.4, -0.2) is 29.3 Å². The van der Waals surface area contributed by atoms with Gasteiger partial charge in [0.25, 0.3) is 0 Å². The number of hydrogen-bond donors (Lipinski definition) is 0. The Morgan fingerprint density at radius 3 is 2.92 bits per heavy atom. The van der Waals surface area contributed by atoms with Gasteiger partial charge in [-0.15, -0.1) is 0 Å². The Labute approximate surface area is 164 Å². The molecule has 0 radical (unpaired) electrons. The number of aromatic nitrogens is 6. The third kappa shape index (κ3) is 2.54. The lowest BCUT2D eigenvalue weighted by atomic mass is 10.1. The maximum absolute atomic E-state index is 4.86. The second-order valence-electron chi connectivity index (χ2n) is 6.32. The fourth-order valence-electron chi connectivity index (χ4n) is 3.34. The number of rotatable bonds is 2. The van der Waals surface area contributed by atoms with Crippen LogP contribution in [0.15, 0.2) is 48.9 Å². The van der Waals surface area contributed by atoms with Crippen molar-refractivity contribution < 1.29 is 0 Å². The highest BCUT2D eigenvalue weighted by molar-refractivity contribution is 14.1. The van der Waals surface area contributed by atoms with Crippen LogP contribution in [0.25, 0.3) is 17.1 Å². The van der Waals surface area contributed by atoms with E-state index >= 15 is 0 Å². The third-order valence-corrected chi connectivity index (χ3v) is 5.29. The number of aryl methyl sites for hydroxylation is 1. The maximum Gasteiger partial charge on any atom is 0.160 e. The fraction of sp³-hybridized carbons (Fsp3) is 0.158. The molecule has 0 fully saturated rings. The molecule has 0 saturated heterocycles. The number of hydrogen-bond acceptors (Lipinski definition) is 4. The molecular formula is C19H15IN6. The Bertz CT molecular complexity index is 1110. The summed E-state index contributed by atoms with van der Waals surface area (Å²) in [6.45, 7) is 2.69. The summed E-state index contributed by atoms with van der Waals surface area (Å²) in [7, 11) is 0. The SMILES string of the molecule is Cc1ncn2c1Cn1nc(Cc3ccccn3)nc1-c1cc(I)ccc1-2. The van der Waals surface area contributed by atoms with Crippen molar-refractivity contribution in [3.8, 4) is 17.1 Å². The summed E-state index contributed by atoms with van der Waals surface area (Å²) in [5.41, 5.74) is 5.30. The van der Waals surface area contributed by atoms with Gasteiger partial charge in [0.05, 0.1) is 36.4 Å². The van der Waals surface area contributed by atoms with Gasteiger partial charge in [0.15, 0.2) is 11.6 Å². The largest absolute Gasteiger partial charge is 0.300 e. The van der Waals surface area contributed by atoms with E-state index in [-0.39, 0.29) is 0 Å². The summed E-state index contributed by atoms with van der Waals surface area (Å²) in [6.07, 6.45) is 4.31. The highest BCUT2D eigenvalue weighted by atomic mass is 127. The monoisotopic (exact) mass is 454 g/mol. The molecule has 0 amide bonds. The van der Waals surface area contributed by atoms with Crippen molar-refractivity contribution >= 4 is 22.6 Å². The van der Waals surface area contributed by atoms with Crippen LogP contribution in [0.3, 0.4) is 0 Å². The number of imidazole rings is 1. The predicted molar refractivity (Wildman–Crippen MR) is 106 cm³/mol. The van der Waals surface area contributed by atoms with Crippen LogP contribution in [0, 0.1) is 10.5 Å². The van der Waals surface area contributed by atoms with Gasteiger partial charge in [-0.2, -0.15) is 5.10 Å². The molecule has 0 bridgehead atoms. The Kier molecular flexibility index (Phi) is 3.63. The average Bonchev–Trinajstić information content (AvgIpc) is 3.17. The van der Waals surface area contributed by atoms with Gasteiger partial charge in [0.2, 0.25) is 0 Å². The quantitative estimate of drug-likeness (QED) is 0.384. The second-order valence-corrected chi connectivity index (χ2v) is 7.56. The van der Waals surface area contributed by atoms with Crippen molar-refractivity contribution in [2.24, 2.45) is 0 Å². The molecule has 1 aliphatic heterocycles. The van der Waals surface area contributed by atoms with E-state index in [1.807, 2.05) is 36.1 Å². The van der Waals surface area contributed by atoms with Gasteiger partial charge in [0, 0.05) is 21.0 Å². The first kappa shape index (κ1) is 15.7. The molecule has 0 unspecified atom stereocenters. The summed E-state index contributed by atoms with van der Waals surface area (Å²) < 4.78 is 5.30. The van der Waals surface area contributed by atoms with Crippen molar-refractivity contribution in [1.82, 2.24) is 29.3 Å². The Morgan fingerprint density at radius 2 is 2.08 bits per heavy atom. The zero-order valence-corrected chi connectivity index (χ0v) is 16.3. The molecule has 3 aromatic heterocycles. The van der Waals surface area contributed by atoms with Crippen LogP contribution in [-0.2, 0) is 13.0 Å². The molecule has 26 heavy (non-hydrogen) atoms. The summed E-state index contributed by atoms with van der Waals surface area (Å²) in [5.74, 6) is 1.68. The van der Waals surface area contributed by atoms with Gasteiger partial charge < -0.3 is 4.57 Å². The summed E-state index contributed by atoms with van der Waals surface area (Å²) in [5, 5.41) is 4.78. The molecule has 1 aromatic carbocycles. The number of nitrogens with zero attached hydrogens (tertiary/aromatic N) is 6. The first-order chi connectivity index (χ1) is 12.7. The molecule has 6 nitrogen and oxygen atoms in total. The highest BCUT2D eigenvalue weighted by Crippen LogP contribution is 2.32. The van der Waals surface area contributed by atoms with Crippen molar-refractivity contribution in [3.63, 3.8) is 0 Å². The number of benzene rings is 1. The van der Waals surface area contributed by atoms with Crippen molar-refractivity contribution in [3.05, 3.63) is 75.4 Å². The summed E-state index contributed by atoms with van der Waals surface area (Å²) in [6, 6.07) is 12.3. The smallest absolute Gasteiger partial charge is 0.160 e. The summed E-state index contributed by atoms with van der Waals surface area (Å²) in [4.78, 5) is 13.7. The molecule has 4 heterocycles. The minimum Gasteiger partial charge on any atom is -0.300 e. The van der Waals surface area contributed by atoms with Gasteiger partial charge in [-0.3, -0.25) is 4.98 Å². The van der Waals surface area contributed by atoms with Gasteiger partial charge in [-0.25, -0.2) is 14.6 Å². The van der Waals surface area contributed by atoms with Crippen LogP contribution in [0.5, 0.6) is 0 Å². The molecule has 7 heteroatoms. The van der Waals surface area contributed by atoms with E-state index in [4.69, 9.17) is 10.1 Å². The van der Waals surface area contributed by atoms with Gasteiger partial charge in [-0.1, -0.05) is 6.07 Å². The molecule has 4 aromatic rings. The average molecular weight is 454 g/mol. The van der Waals surface area contributed by atoms with Crippen LogP contribution in [0.1, 0.15) is 22.9 Å². The molecule has 1 aliphatic rings. The van der Waals surface area contributed by atoms with Gasteiger partial charge in [0.1, 0.15) is 0 Å². The summed E-state index contributed by atoms with van der Waals surface area (Å²) >= 11 is 2.34. The van der Waals surface area contributed by atoms with Crippen LogP contribution >= 0.6 is 22.6 Å². The van der Waals surface area contributed by atoms with E-state index in [0.29, 0.717) is 13.0 Å². The Morgan fingerprint density at radius 1 is 1.15 bits per heavy atom. The van der Waals surface area contributed by atoms with Crippen molar-refractivity contribution in [2.45, 2.75) is 19.9 Å². The van der Waals surface area contributed by atoms with E-state index in [1.54, 1.807) is 6.20 Å². The molecule has 0 spiro atoms. The molecule has 128 valence electrons. The first-order valence-corrected chi connectivity index (χ1v) is 9.43. The molecule has 0 saturated carbocycles. The Hall–Kier alpha value is -2.55. The lowest BCUT2D eigenvalue weighted by Gasteiger charge is -2.08. The van der Waals surface area contributed by atoms with Crippen molar-refractivity contribution in [1.29, 1.82) is 0 Å². The van der Waals surface area contributed by atoms with Crippen LogP contribution in [0.2, 0.25) is 0 Å². The van der Waals surface area contributed by atoms with E-state index in [0.717, 1.165) is 40.0 Å². The molecule has 0 aliphatic carbocycles. The van der Waals surface area contributed by atoms with E-state index in [1.165, 1.54) is 3.57 Å². The predicted octanol–water partition coefficient (Wildman–Crippen LogP) is 3.39. The Balaban J connectivity index is 1.68. The zero-order valence-electron chi connectivity index (χ0n) is 14.1. The normalized spacial score (nSPS) is 12.2. The topological polar surface area (TPSA) is 61.4 Å². The fourth-order valence-corrected chi connectivity index (χ4v) is 3.83. The van der Waals surface area contributed by atoms with Gasteiger partial charge in [-0.05, 0) is 59.8 Å². The molecule has 0 N–H and O–H groups in total. The number of halogens is 1. The molecule has 5 rings (SSSR count). The second kappa shape index (κ2) is 6.01. The van der Waals surface area contributed by atoms with Crippen LogP contribution < -0.4 is 0 Å². The number of pyridine rings is 1. The lowest BCUT2D eigenvalue weighted by molar-refractivity contribution is 0.663. The molecular weight excluding hydrogens is 439 g/mol. The highest BCUT2D eigenvalue weighted by Gasteiger charge is 2.24. The van der Waals surface area contributed by atoms with Crippen LogP contribution in [0.4, 0.5) is 0 Å². The first-order valence-electron chi connectivity index (χ1n) is 8.36. The van der Waals surface area contributed by atoms with E-state index in [9.17, 15) is 0 Å². The number of fused-ring (bicyclic) bond motifs is 5. The minimum atomic E-state index is 0.623. The standard InChI is InChI=1S/C19H15IN6/c1-12-17-10-26-19(23-18(24-26)9-14-4-2-3-7-21-14)15-8-13(20)5-6-16(15)25(17)11-22-12/h2-8,11H,9-10H2,1H3.